The van der Waals surface area contributed by atoms with E-state index in [1.54, 1.807) is 30.5 Å². The van der Waals surface area contributed by atoms with Gasteiger partial charge in [0.05, 0.1) is 21.0 Å². The van der Waals surface area contributed by atoms with Gasteiger partial charge in [0.1, 0.15) is 0 Å². The topological polar surface area (TPSA) is 68.0 Å². The number of rotatable bonds is 4. The van der Waals surface area contributed by atoms with E-state index in [2.05, 4.69) is 27.9 Å². The van der Waals surface area contributed by atoms with E-state index in [-0.39, 0.29) is 11.3 Å². The zero-order valence-corrected chi connectivity index (χ0v) is 16.7. The first kappa shape index (κ1) is 18.8. The molecule has 0 saturated heterocycles. The van der Waals surface area contributed by atoms with Gasteiger partial charge in [0.2, 0.25) is 11.7 Å². The zero-order valence-electron chi connectivity index (χ0n) is 14.3. The van der Waals surface area contributed by atoms with Crippen molar-refractivity contribution in [2.75, 3.05) is 5.32 Å². The van der Waals surface area contributed by atoms with Crippen LogP contribution in [0.2, 0.25) is 10.0 Å². The molecule has 2 heterocycles. The Morgan fingerprint density at radius 2 is 1.82 bits per heavy atom. The summed E-state index contributed by atoms with van der Waals surface area (Å²) < 4.78 is 5.40. The highest BCUT2D eigenvalue weighted by molar-refractivity contribution is 7.79. The standard InChI is InChI=1S/C20H13Cl2N3O2S/c21-15-5-2-6-16(22)17(15)14-8-12-9-23-20(25-18(12)27-19(14)26)24-13-4-1-3-11(7-13)10-28/h1-9,28H,10H2,(H,23,24,25). The van der Waals surface area contributed by atoms with Gasteiger partial charge in [-0.3, -0.25) is 0 Å². The lowest BCUT2D eigenvalue weighted by Crippen LogP contribution is -2.05. The molecule has 0 spiro atoms. The molecule has 4 aromatic rings. The molecule has 0 aliphatic carbocycles. The summed E-state index contributed by atoms with van der Waals surface area (Å²) in [6, 6.07) is 14.4. The number of hydrogen-bond donors (Lipinski definition) is 2. The lowest BCUT2D eigenvalue weighted by molar-refractivity contribution is 0.551. The summed E-state index contributed by atoms with van der Waals surface area (Å²) in [5, 5.41) is 4.38. The fraction of sp³-hybridized carbons (Fsp3) is 0.0500. The maximum atomic E-state index is 12.5. The van der Waals surface area contributed by atoms with Crippen LogP contribution in [0.15, 0.2) is 63.9 Å². The van der Waals surface area contributed by atoms with Crippen LogP contribution in [0.5, 0.6) is 0 Å². The number of nitrogens with zero attached hydrogens (tertiary/aromatic N) is 2. The van der Waals surface area contributed by atoms with Crippen LogP contribution in [0.3, 0.4) is 0 Å². The van der Waals surface area contributed by atoms with E-state index in [0.717, 1.165) is 11.3 Å². The van der Waals surface area contributed by atoms with Crippen molar-refractivity contribution in [3.05, 3.63) is 80.8 Å². The molecule has 0 atom stereocenters. The lowest BCUT2D eigenvalue weighted by atomic mass is 10.1. The minimum absolute atomic E-state index is 0.166. The van der Waals surface area contributed by atoms with E-state index >= 15 is 0 Å². The molecular weight excluding hydrogens is 417 g/mol. The summed E-state index contributed by atoms with van der Waals surface area (Å²) in [5.74, 6) is 0.937. The number of hydrogen-bond acceptors (Lipinski definition) is 6. The second-order valence-corrected chi connectivity index (χ2v) is 7.11. The van der Waals surface area contributed by atoms with E-state index in [9.17, 15) is 4.79 Å². The van der Waals surface area contributed by atoms with E-state index in [0.29, 0.717) is 32.7 Å². The van der Waals surface area contributed by atoms with Crippen LogP contribution in [0.25, 0.3) is 22.2 Å². The van der Waals surface area contributed by atoms with Crippen LogP contribution in [0.4, 0.5) is 11.6 Å². The van der Waals surface area contributed by atoms with Crippen LogP contribution in [-0.4, -0.2) is 9.97 Å². The Balaban J connectivity index is 1.75. The van der Waals surface area contributed by atoms with E-state index in [1.165, 1.54) is 0 Å². The van der Waals surface area contributed by atoms with Crippen molar-refractivity contribution < 1.29 is 4.42 Å². The second-order valence-electron chi connectivity index (χ2n) is 5.98. The van der Waals surface area contributed by atoms with Gasteiger partial charge < -0.3 is 9.73 Å². The third kappa shape index (κ3) is 3.71. The monoisotopic (exact) mass is 429 g/mol. The minimum Gasteiger partial charge on any atom is -0.403 e. The van der Waals surface area contributed by atoms with Gasteiger partial charge in [0, 0.05) is 23.2 Å². The Kier molecular flexibility index (Phi) is 5.26. The first-order chi connectivity index (χ1) is 13.5. The van der Waals surface area contributed by atoms with E-state index in [1.807, 2.05) is 24.3 Å². The summed E-state index contributed by atoms with van der Waals surface area (Å²) in [7, 11) is 0. The predicted octanol–water partition coefficient (Wildman–Crippen LogP) is 5.73. The SMILES string of the molecule is O=c1oc2nc(Nc3cccc(CS)c3)ncc2cc1-c1c(Cl)cccc1Cl. The third-order valence-corrected chi connectivity index (χ3v) is 5.08. The van der Waals surface area contributed by atoms with Crippen molar-refractivity contribution in [2.24, 2.45) is 0 Å². The van der Waals surface area contributed by atoms with Gasteiger partial charge in [-0.1, -0.05) is 41.4 Å². The molecular formula is C20H13Cl2N3O2S. The Labute approximate surface area is 175 Å². The molecule has 0 unspecified atom stereocenters. The van der Waals surface area contributed by atoms with Crippen LogP contribution in [-0.2, 0) is 5.75 Å². The smallest absolute Gasteiger partial charge is 0.345 e. The number of anilines is 2. The van der Waals surface area contributed by atoms with Crippen molar-refractivity contribution in [3.63, 3.8) is 0 Å². The third-order valence-electron chi connectivity index (χ3n) is 4.09. The van der Waals surface area contributed by atoms with E-state index in [4.69, 9.17) is 27.6 Å². The van der Waals surface area contributed by atoms with Crippen molar-refractivity contribution in [1.29, 1.82) is 0 Å². The van der Waals surface area contributed by atoms with Crippen molar-refractivity contribution >= 4 is 58.6 Å². The summed E-state index contributed by atoms with van der Waals surface area (Å²) in [5.41, 5.74) is 2.14. The zero-order chi connectivity index (χ0) is 19.7. The molecule has 0 radical (unpaired) electrons. The Bertz CT molecular complexity index is 1220. The summed E-state index contributed by atoms with van der Waals surface area (Å²) in [4.78, 5) is 21.1. The molecule has 28 heavy (non-hydrogen) atoms. The van der Waals surface area contributed by atoms with Crippen LogP contribution in [0, 0.1) is 0 Å². The largest absolute Gasteiger partial charge is 0.403 e. The van der Waals surface area contributed by atoms with Gasteiger partial charge in [0.25, 0.3) is 0 Å². The molecule has 4 rings (SSSR count). The van der Waals surface area contributed by atoms with Crippen LogP contribution >= 0.6 is 35.8 Å². The van der Waals surface area contributed by atoms with Crippen molar-refractivity contribution in [2.45, 2.75) is 5.75 Å². The molecule has 0 aliphatic heterocycles. The van der Waals surface area contributed by atoms with Crippen LogP contribution < -0.4 is 10.9 Å². The first-order valence-electron chi connectivity index (χ1n) is 8.27. The number of nitrogens with one attached hydrogen (secondary N) is 1. The molecule has 0 aliphatic rings. The number of aromatic nitrogens is 2. The summed E-state index contributed by atoms with van der Waals surface area (Å²) in [6.07, 6.45) is 1.57. The number of halogens is 2. The second kappa shape index (κ2) is 7.83. The van der Waals surface area contributed by atoms with Gasteiger partial charge in [-0.15, -0.1) is 0 Å². The van der Waals surface area contributed by atoms with Gasteiger partial charge >= 0.3 is 5.63 Å². The maximum absolute atomic E-state index is 12.5. The predicted molar refractivity (Wildman–Crippen MR) is 116 cm³/mol. The van der Waals surface area contributed by atoms with Gasteiger partial charge in [0.15, 0.2) is 0 Å². The Hall–Kier alpha value is -2.54. The average molecular weight is 430 g/mol. The highest BCUT2D eigenvalue weighted by atomic mass is 35.5. The fourth-order valence-corrected chi connectivity index (χ4v) is 3.58. The minimum atomic E-state index is -0.579. The molecule has 2 aromatic heterocycles. The molecule has 8 heteroatoms. The molecule has 0 amide bonds. The maximum Gasteiger partial charge on any atom is 0.345 e. The van der Waals surface area contributed by atoms with E-state index < -0.39 is 5.63 Å². The molecule has 2 aromatic carbocycles. The lowest BCUT2D eigenvalue weighted by Gasteiger charge is -2.08. The fourth-order valence-electron chi connectivity index (χ4n) is 2.78. The molecule has 0 fully saturated rings. The number of fused-ring (bicyclic) bond motifs is 1. The van der Waals surface area contributed by atoms with Gasteiger partial charge in [-0.25, -0.2) is 9.78 Å². The van der Waals surface area contributed by atoms with Crippen molar-refractivity contribution in [1.82, 2.24) is 9.97 Å². The van der Waals surface area contributed by atoms with Crippen molar-refractivity contribution in [3.8, 4) is 11.1 Å². The molecule has 0 saturated carbocycles. The number of benzene rings is 2. The van der Waals surface area contributed by atoms with Crippen LogP contribution in [0.1, 0.15) is 5.56 Å². The quantitative estimate of drug-likeness (QED) is 0.405. The highest BCUT2D eigenvalue weighted by Gasteiger charge is 2.15. The Morgan fingerprint density at radius 3 is 2.57 bits per heavy atom. The molecule has 1 N–H and O–H groups in total. The molecule has 140 valence electrons. The van der Waals surface area contributed by atoms with Gasteiger partial charge in [-0.2, -0.15) is 17.6 Å². The highest BCUT2D eigenvalue weighted by Crippen LogP contribution is 2.33. The number of thiol groups is 1. The van der Waals surface area contributed by atoms with Gasteiger partial charge in [-0.05, 0) is 35.9 Å². The normalized spacial score (nSPS) is 11.0. The molecule has 0 bridgehead atoms. The molecule has 5 nitrogen and oxygen atoms in total. The summed E-state index contributed by atoms with van der Waals surface area (Å²) in [6.45, 7) is 0. The average Bonchev–Trinajstić information content (AvgIpc) is 2.68. The summed E-state index contributed by atoms with van der Waals surface area (Å²) >= 11 is 16.7. The first-order valence-corrected chi connectivity index (χ1v) is 9.66. The Morgan fingerprint density at radius 1 is 1.07 bits per heavy atom.